The van der Waals surface area contributed by atoms with Crippen LogP contribution >= 0.6 is 12.8 Å². The van der Waals surface area contributed by atoms with E-state index >= 15 is 0 Å². The normalized spacial score (nSPS) is 10.3. The highest BCUT2D eigenvalue weighted by Gasteiger charge is 1.94. The fourth-order valence-corrected chi connectivity index (χ4v) is 1.17. The van der Waals surface area contributed by atoms with Crippen LogP contribution in [0.3, 0.4) is 0 Å². The van der Waals surface area contributed by atoms with Gasteiger partial charge in [0.05, 0.1) is 6.61 Å². The molecule has 0 amide bonds. The van der Waals surface area contributed by atoms with Crippen molar-refractivity contribution in [3.05, 3.63) is 35.9 Å². The van der Waals surface area contributed by atoms with Crippen LogP contribution in [0.25, 0.3) is 6.08 Å². The molecule has 0 fully saturated rings. The number of rotatable bonds is 4. The molecule has 1 N–H and O–H groups in total. The first kappa shape index (κ1) is 11.7. The molecule has 0 aliphatic carbocycles. The molecule has 1 aromatic carbocycles. The van der Waals surface area contributed by atoms with Gasteiger partial charge >= 0.3 is 5.97 Å². The summed E-state index contributed by atoms with van der Waals surface area (Å²) in [4.78, 5) is 11.0. The van der Waals surface area contributed by atoms with Gasteiger partial charge in [0.1, 0.15) is 0 Å². The first-order valence-electron chi connectivity index (χ1n) is 4.61. The lowest BCUT2D eigenvalue weighted by molar-refractivity contribution is -0.137. The standard InChI is InChI=1S/C11H13NO2S/c1-2-14-11(13)8-5-9-3-6-10(12-15)7-4-9/h3-8,12,15H,2H2,1H3/b8-5+. The minimum Gasteiger partial charge on any atom is -0.463 e. The molecule has 0 heterocycles. The van der Waals surface area contributed by atoms with Crippen LogP contribution in [0.4, 0.5) is 5.69 Å². The summed E-state index contributed by atoms with van der Waals surface area (Å²) in [7, 11) is 0. The van der Waals surface area contributed by atoms with Crippen molar-refractivity contribution in [3.63, 3.8) is 0 Å². The van der Waals surface area contributed by atoms with Gasteiger partial charge in [0, 0.05) is 11.8 Å². The molecule has 4 heteroatoms. The molecule has 1 aromatic rings. The van der Waals surface area contributed by atoms with Crippen LogP contribution in [0.2, 0.25) is 0 Å². The van der Waals surface area contributed by atoms with Crippen molar-refractivity contribution in [1.29, 1.82) is 0 Å². The van der Waals surface area contributed by atoms with Crippen molar-refractivity contribution in [3.8, 4) is 0 Å². The quantitative estimate of drug-likeness (QED) is 0.468. The smallest absolute Gasteiger partial charge is 0.330 e. The number of thiol groups is 1. The van der Waals surface area contributed by atoms with Gasteiger partial charge in [0.15, 0.2) is 0 Å². The Morgan fingerprint density at radius 3 is 2.67 bits per heavy atom. The van der Waals surface area contributed by atoms with Crippen molar-refractivity contribution in [2.45, 2.75) is 6.92 Å². The van der Waals surface area contributed by atoms with E-state index in [0.29, 0.717) is 6.61 Å². The number of benzene rings is 1. The van der Waals surface area contributed by atoms with Crippen LogP contribution in [0.1, 0.15) is 12.5 Å². The van der Waals surface area contributed by atoms with Gasteiger partial charge in [0.2, 0.25) is 0 Å². The van der Waals surface area contributed by atoms with Gasteiger partial charge in [-0.05, 0) is 30.7 Å². The van der Waals surface area contributed by atoms with Crippen molar-refractivity contribution >= 4 is 30.5 Å². The lowest BCUT2D eigenvalue weighted by Crippen LogP contribution is -1.98. The van der Waals surface area contributed by atoms with E-state index < -0.39 is 0 Å². The molecule has 0 bridgehead atoms. The van der Waals surface area contributed by atoms with Crippen LogP contribution in [0, 0.1) is 0 Å². The number of anilines is 1. The van der Waals surface area contributed by atoms with E-state index in [-0.39, 0.29) is 5.97 Å². The second-order valence-corrected chi connectivity index (χ2v) is 3.04. The van der Waals surface area contributed by atoms with Crippen LogP contribution in [-0.4, -0.2) is 12.6 Å². The number of esters is 1. The minimum absolute atomic E-state index is 0.325. The predicted octanol–water partition coefficient (Wildman–Crippen LogP) is 2.52. The number of hydrogen-bond acceptors (Lipinski definition) is 4. The fraction of sp³-hybridized carbons (Fsp3) is 0.182. The Labute approximate surface area is 94.7 Å². The maximum absolute atomic E-state index is 11.0. The zero-order valence-electron chi connectivity index (χ0n) is 8.43. The average Bonchev–Trinajstić information content (AvgIpc) is 2.27. The predicted molar refractivity (Wildman–Crippen MR) is 64.7 cm³/mol. The number of ether oxygens (including phenoxy) is 1. The molecular weight excluding hydrogens is 210 g/mol. The summed E-state index contributed by atoms with van der Waals surface area (Å²) in [5, 5.41) is 0. The van der Waals surface area contributed by atoms with E-state index in [9.17, 15) is 4.79 Å². The lowest BCUT2D eigenvalue weighted by atomic mass is 10.2. The van der Waals surface area contributed by atoms with Crippen LogP contribution in [-0.2, 0) is 9.53 Å². The molecule has 0 aliphatic rings. The minimum atomic E-state index is -0.325. The Balaban J connectivity index is 2.60. The Morgan fingerprint density at radius 1 is 1.47 bits per heavy atom. The molecule has 0 spiro atoms. The third-order valence-corrected chi connectivity index (χ3v) is 2.00. The first-order chi connectivity index (χ1) is 7.26. The lowest BCUT2D eigenvalue weighted by Gasteiger charge is -1.98. The van der Waals surface area contributed by atoms with E-state index in [4.69, 9.17) is 4.74 Å². The zero-order chi connectivity index (χ0) is 11.1. The number of carbonyl (C=O) groups is 1. The summed E-state index contributed by atoms with van der Waals surface area (Å²) in [6.45, 7) is 2.17. The summed E-state index contributed by atoms with van der Waals surface area (Å²) < 4.78 is 7.48. The van der Waals surface area contributed by atoms with Gasteiger partial charge in [0.25, 0.3) is 0 Å². The maximum Gasteiger partial charge on any atom is 0.330 e. The molecule has 15 heavy (non-hydrogen) atoms. The summed E-state index contributed by atoms with van der Waals surface area (Å²) in [6, 6.07) is 7.51. The van der Waals surface area contributed by atoms with Crippen LogP contribution in [0.15, 0.2) is 30.3 Å². The SMILES string of the molecule is CCOC(=O)/C=C/c1ccc(NS)cc1. The Kier molecular flexibility index (Phi) is 4.77. The largest absolute Gasteiger partial charge is 0.463 e. The summed E-state index contributed by atoms with van der Waals surface area (Å²) in [5.74, 6) is -0.325. The monoisotopic (exact) mass is 223 g/mol. The van der Waals surface area contributed by atoms with Gasteiger partial charge in [-0.3, -0.25) is 0 Å². The second-order valence-electron chi connectivity index (χ2n) is 2.82. The van der Waals surface area contributed by atoms with Crippen molar-refractivity contribution in [2.24, 2.45) is 0 Å². The summed E-state index contributed by atoms with van der Waals surface area (Å²) >= 11 is 3.91. The van der Waals surface area contributed by atoms with Crippen LogP contribution in [0.5, 0.6) is 0 Å². The third-order valence-electron chi connectivity index (χ3n) is 1.74. The Morgan fingerprint density at radius 2 is 2.13 bits per heavy atom. The molecule has 0 saturated carbocycles. The highest BCUT2D eigenvalue weighted by molar-refractivity contribution is 7.81. The van der Waals surface area contributed by atoms with Crippen molar-refractivity contribution in [1.82, 2.24) is 0 Å². The van der Waals surface area contributed by atoms with E-state index in [1.165, 1.54) is 6.08 Å². The second kappa shape index (κ2) is 6.14. The van der Waals surface area contributed by atoms with Gasteiger partial charge in [-0.1, -0.05) is 24.9 Å². The highest BCUT2D eigenvalue weighted by Crippen LogP contribution is 2.11. The van der Waals surface area contributed by atoms with Crippen molar-refractivity contribution in [2.75, 3.05) is 11.3 Å². The molecule has 0 saturated heterocycles. The summed E-state index contributed by atoms with van der Waals surface area (Å²) in [6.07, 6.45) is 3.12. The molecule has 0 aromatic heterocycles. The van der Waals surface area contributed by atoms with Gasteiger partial charge in [-0.15, -0.1) is 0 Å². The maximum atomic E-state index is 11.0. The highest BCUT2D eigenvalue weighted by atomic mass is 32.1. The molecule has 80 valence electrons. The molecule has 0 aliphatic heterocycles. The van der Waals surface area contributed by atoms with E-state index in [0.717, 1.165) is 11.3 Å². The number of nitrogens with one attached hydrogen (secondary N) is 1. The van der Waals surface area contributed by atoms with Crippen molar-refractivity contribution < 1.29 is 9.53 Å². The number of carbonyl (C=O) groups excluding carboxylic acids is 1. The Hall–Kier alpha value is -1.42. The topological polar surface area (TPSA) is 38.3 Å². The Bertz CT molecular complexity index is 346. The summed E-state index contributed by atoms with van der Waals surface area (Å²) in [5.41, 5.74) is 1.85. The van der Waals surface area contributed by atoms with Gasteiger partial charge in [-0.25, -0.2) is 4.79 Å². The molecule has 0 radical (unpaired) electrons. The zero-order valence-corrected chi connectivity index (χ0v) is 9.33. The number of hydrogen-bond donors (Lipinski definition) is 2. The van der Waals surface area contributed by atoms with Crippen LogP contribution < -0.4 is 4.72 Å². The van der Waals surface area contributed by atoms with Gasteiger partial charge < -0.3 is 9.46 Å². The molecule has 1 rings (SSSR count). The first-order valence-corrected chi connectivity index (χ1v) is 5.06. The molecule has 0 unspecified atom stereocenters. The average molecular weight is 223 g/mol. The van der Waals surface area contributed by atoms with E-state index in [1.54, 1.807) is 13.0 Å². The molecular formula is C11H13NO2S. The van der Waals surface area contributed by atoms with E-state index in [1.807, 2.05) is 24.3 Å². The third kappa shape index (κ3) is 4.08. The van der Waals surface area contributed by atoms with Gasteiger partial charge in [-0.2, -0.15) is 0 Å². The fourth-order valence-electron chi connectivity index (χ4n) is 1.02. The van der Waals surface area contributed by atoms with E-state index in [2.05, 4.69) is 17.5 Å². The molecule has 0 atom stereocenters. The molecule has 3 nitrogen and oxygen atoms in total.